The highest BCUT2D eigenvalue weighted by Gasteiger charge is 2.13. The molecule has 0 unspecified atom stereocenters. The Morgan fingerprint density at radius 3 is 2.55 bits per heavy atom. The normalized spacial score (nSPS) is 10.8. The molecule has 1 heterocycles. The monoisotopic (exact) mass is 295 g/mol. The van der Waals surface area contributed by atoms with Gasteiger partial charge in [0.15, 0.2) is 0 Å². The molecule has 0 fully saturated rings. The number of nitrogens with one attached hydrogen (secondary N) is 3. The van der Waals surface area contributed by atoms with Gasteiger partial charge in [0.25, 0.3) is 11.8 Å². The van der Waals surface area contributed by atoms with Gasteiger partial charge in [0.2, 0.25) is 0 Å². The lowest BCUT2D eigenvalue weighted by Gasteiger charge is -2.10. The molecule has 0 saturated carbocycles. The SMILES string of the molecule is C=CCNC(=O)C(=Cc1ccc[nH]1)NC(=O)c1ccccc1. The summed E-state index contributed by atoms with van der Waals surface area (Å²) in [6, 6.07) is 12.3. The summed E-state index contributed by atoms with van der Waals surface area (Å²) in [7, 11) is 0. The number of amides is 2. The molecule has 0 atom stereocenters. The van der Waals surface area contributed by atoms with Crippen LogP contribution in [0.2, 0.25) is 0 Å². The molecule has 0 aliphatic heterocycles. The van der Waals surface area contributed by atoms with Gasteiger partial charge in [-0.2, -0.15) is 0 Å². The standard InChI is InChI=1S/C17H17N3O2/c1-2-10-19-17(22)15(12-14-9-6-11-18-14)20-16(21)13-7-4-3-5-8-13/h2-9,11-12,18H,1,10H2,(H,19,22)(H,20,21). The fraction of sp³-hybridized carbons (Fsp3) is 0.0588. The molecule has 5 heteroatoms. The van der Waals surface area contributed by atoms with Crippen molar-refractivity contribution in [1.29, 1.82) is 0 Å². The second-order valence-electron chi connectivity index (χ2n) is 4.50. The van der Waals surface area contributed by atoms with E-state index in [-0.39, 0.29) is 17.5 Å². The number of rotatable bonds is 6. The van der Waals surface area contributed by atoms with Crippen LogP contribution in [0, 0.1) is 0 Å². The number of benzene rings is 1. The molecular formula is C17H17N3O2. The van der Waals surface area contributed by atoms with Crippen LogP contribution in [0.15, 0.2) is 67.0 Å². The van der Waals surface area contributed by atoms with Crippen molar-refractivity contribution in [1.82, 2.24) is 15.6 Å². The fourth-order valence-corrected chi connectivity index (χ4v) is 1.79. The molecule has 112 valence electrons. The van der Waals surface area contributed by atoms with E-state index in [2.05, 4.69) is 22.2 Å². The molecule has 2 aromatic rings. The van der Waals surface area contributed by atoms with E-state index in [1.165, 1.54) is 0 Å². The molecule has 0 aliphatic carbocycles. The van der Waals surface area contributed by atoms with Crippen molar-refractivity contribution >= 4 is 17.9 Å². The Morgan fingerprint density at radius 1 is 1.14 bits per heavy atom. The number of H-pyrrole nitrogens is 1. The van der Waals surface area contributed by atoms with Crippen molar-refractivity contribution in [2.24, 2.45) is 0 Å². The van der Waals surface area contributed by atoms with Crippen molar-refractivity contribution in [3.8, 4) is 0 Å². The smallest absolute Gasteiger partial charge is 0.268 e. The van der Waals surface area contributed by atoms with Gasteiger partial charge in [-0.25, -0.2) is 0 Å². The molecule has 22 heavy (non-hydrogen) atoms. The topological polar surface area (TPSA) is 74.0 Å². The van der Waals surface area contributed by atoms with Crippen molar-refractivity contribution in [3.05, 3.63) is 78.3 Å². The van der Waals surface area contributed by atoms with Crippen molar-refractivity contribution in [2.75, 3.05) is 6.54 Å². The Labute approximate surface area is 128 Å². The zero-order valence-corrected chi connectivity index (χ0v) is 12.0. The van der Waals surface area contributed by atoms with E-state index in [9.17, 15) is 9.59 Å². The van der Waals surface area contributed by atoms with Crippen LogP contribution in [0.5, 0.6) is 0 Å². The summed E-state index contributed by atoms with van der Waals surface area (Å²) in [5.74, 6) is -0.717. The third kappa shape index (κ3) is 4.21. The van der Waals surface area contributed by atoms with Crippen LogP contribution in [0.25, 0.3) is 6.08 Å². The minimum absolute atomic E-state index is 0.165. The van der Waals surface area contributed by atoms with Crippen molar-refractivity contribution < 1.29 is 9.59 Å². The number of carbonyl (C=O) groups is 2. The maximum atomic E-state index is 12.2. The molecule has 3 N–H and O–H groups in total. The molecule has 2 rings (SSSR count). The summed E-state index contributed by atoms with van der Waals surface area (Å²) in [6.45, 7) is 3.87. The van der Waals surface area contributed by atoms with Crippen LogP contribution in [-0.2, 0) is 4.79 Å². The van der Waals surface area contributed by atoms with Gasteiger partial charge < -0.3 is 15.6 Å². The lowest BCUT2D eigenvalue weighted by molar-refractivity contribution is -0.117. The van der Waals surface area contributed by atoms with Crippen LogP contribution >= 0.6 is 0 Å². The van der Waals surface area contributed by atoms with Crippen molar-refractivity contribution in [2.45, 2.75) is 0 Å². The average Bonchev–Trinajstić information content (AvgIpc) is 3.05. The van der Waals surface area contributed by atoms with E-state index in [0.717, 1.165) is 5.69 Å². The molecule has 0 radical (unpaired) electrons. The zero-order chi connectivity index (χ0) is 15.8. The van der Waals surface area contributed by atoms with Gasteiger partial charge in [-0.3, -0.25) is 9.59 Å². The summed E-state index contributed by atoms with van der Waals surface area (Å²) in [4.78, 5) is 27.3. The molecule has 0 bridgehead atoms. The van der Waals surface area contributed by atoms with Gasteiger partial charge in [0.1, 0.15) is 5.70 Å². The lowest BCUT2D eigenvalue weighted by Crippen LogP contribution is -2.34. The Hall–Kier alpha value is -3.08. The first-order chi connectivity index (χ1) is 10.7. The predicted molar refractivity (Wildman–Crippen MR) is 85.9 cm³/mol. The third-order valence-corrected chi connectivity index (χ3v) is 2.86. The minimum atomic E-state index is -0.376. The molecule has 0 aliphatic rings. The third-order valence-electron chi connectivity index (χ3n) is 2.86. The van der Waals surface area contributed by atoms with Gasteiger partial charge in [0.05, 0.1) is 0 Å². The van der Waals surface area contributed by atoms with E-state index < -0.39 is 0 Å². The molecule has 0 spiro atoms. The maximum absolute atomic E-state index is 12.2. The highest BCUT2D eigenvalue weighted by molar-refractivity contribution is 6.05. The van der Waals surface area contributed by atoms with E-state index in [1.807, 2.05) is 12.1 Å². The lowest BCUT2D eigenvalue weighted by atomic mass is 10.2. The largest absolute Gasteiger partial charge is 0.362 e. The van der Waals surface area contributed by atoms with E-state index in [0.29, 0.717) is 12.1 Å². The first-order valence-electron chi connectivity index (χ1n) is 6.81. The molecule has 2 amide bonds. The zero-order valence-electron chi connectivity index (χ0n) is 12.0. The molecule has 1 aromatic carbocycles. The van der Waals surface area contributed by atoms with Gasteiger partial charge in [-0.1, -0.05) is 24.3 Å². The number of carbonyl (C=O) groups excluding carboxylic acids is 2. The average molecular weight is 295 g/mol. The van der Waals surface area contributed by atoms with Crippen LogP contribution < -0.4 is 10.6 Å². The highest BCUT2D eigenvalue weighted by atomic mass is 16.2. The van der Waals surface area contributed by atoms with Gasteiger partial charge >= 0.3 is 0 Å². The highest BCUT2D eigenvalue weighted by Crippen LogP contribution is 2.05. The summed E-state index contributed by atoms with van der Waals surface area (Å²) < 4.78 is 0. The number of aromatic amines is 1. The number of aromatic nitrogens is 1. The second-order valence-corrected chi connectivity index (χ2v) is 4.50. The summed E-state index contributed by atoms with van der Waals surface area (Å²) in [5.41, 5.74) is 1.37. The fourth-order valence-electron chi connectivity index (χ4n) is 1.79. The quantitative estimate of drug-likeness (QED) is 0.564. The Bertz CT molecular complexity index is 673. The Balaban J connectivity index is 2.19. The van der Waals surface area contributed by atoms with E-state index >= 15 is 0 Å². The summed E-state index contributed by atoms with van der Waals surface area (Å²) >= 11 is 0. The Kier molecular flexibility index (Phi) is 5.31. The summed E-state index contributed by atoms with van der Waals surface area (Å²) in [5, 5.41) is 5.28. The van der Waals surface area contributed by atoms with Crippen LogP contribution in [0.3, 0.4) is 0 Å². The second kappa shape index (κ2) is 7.64. The van der Waals surface area contributed by atoms with Gasteiger partial charge in [0, 0.05) is 24.0 Å². The van der Waals surface area contributed by atoms with Crippen LogP contribution in [0.1, 0.15) is 16.1 Å². The predicted octanol–water partition coefficient (Wildman–Crippen LogP) is 2.09. The van der Waals surface area contributed by atoms with Crippen LogP contribution in [0.4, 0.5) is 0 Å². The first kappa shape index (κ1) is 15.3. The molecule has 0 saturated heterocycles. The molecule has 5 nitrogen and oxygen atoms in total. The van der Waals surface area contributed by atoms with Crippen molar-refractivity contribution in [3.63, 3.8) is 0 Å². The number of hydrogen-bond acceptors (Lipinski definition) is 2. The molecule has 1 aromatic heterocycles. The van der Waals surface area contributed by atoms with Crippen LogP contribution in [-0.4, -0.2) is 23.3 Å². The van der Waals surface area contributed by atoms with Gasteiger partial charge in [-0.15, -0.1) is 6.58 Å². The van der Waals surface area contributed by atoms with E-state index in [1.54, 1.807) is 48.7 Å². The first-order valence-corrected chi connectivity index (χ1v) is 6.81. The van der Waals surface area contributed by atoms with E-state index in [4.69, 9.17) is 0 Å². The van der Waals surface area contributed by atoms with Gasteiger partial charge in [-0.05, 0) is 30.3 Å². The molecular weight excluding hydrogens is 278 g/mol. The number of hydrogen-bond donors (Lipinski definition) is 3. The Morgan fingerprint density at radius 2 is 1.91 bits per heavy atom. The minimum Gasteiger partial charge on any atom is -0.362 e. The maximum Gasteiger partial charge on any atom is 0.268 e. The summed E-state index contributed by atoms with van der Waals surface area (Å²) in [6.07, 6.45) is 4.90.